The van der Waals surface area contributed by atoms with Gasteiger partial charge in [-0.2, -0.15) is 26.3 Å². The third kappa shape index (κ3) is 6.91. The van der Waals surface area contributed by atoms with Crippen LogP contribution in [0.1, 0.15) is 41.7 Å². The summed E-state index contributed by atoms with van der Waals surface area (Å²) < 4.78 is 89.8. The molecule has 11 heteroatoms. The highest BCUT2D eigenvalue weighted by molar-refractivity contribution is 5.72. The molecule has 1 aliphatic rings. The van der Waals surface area contributed by atoms with Crippen LogP contribution in [-0.4, -0.2) is 42.8 Å². The molecule has 2 aromatic carbocycles. The molecule has 2 aromatic rings. The smallest absolute Gasteiger partial charge is 0.416 e. The molecule has 1 N–H and O–H groups in total. The van der Waals surface area contributed by atoms with Gasteiger partial charge in [-0.25, -0.2) is 0 Å². The van der Waals surface area contributed by atoms with Crippen molar-refractivity contribution in [3.63, 3.8) is 0 Å². The Hall–Kier alpha value is -2.79. The fraction of sp³-hybridized carbons (Fsp3) is 0.480. The minimum Gasteiger partial charge on any atom is -0.493 e. The number of ether oxygens (including phenoxy) is 2. The highest BCUT2D eigenvalue weighted by Crippen LogP contribution is 2.37. The summed E-state index contributed by atoms with van der Waals surface area (Å²) in [5.41, 5.74) is -2.15. The maximum absolute atomic E-state index is 13.4. The Morgan fingerprint density at radius 2 is 1.83 bits per heavy atom. The van der Waals surface area contributed by atoms with Crippen LogP contribution in [0.15, 0.2) is 42.5 Å². The third-order valence-corrected chi connectivity index (χ3v) is 6.23. The summed E-state index contributed by atoms with van der Waals surface area (Å²) in [7, 11) is 1.23. The van der Waals surface area contributed by atoms with Crippen LogP contribution in [0.25, 0.3) is 0 Å². The zero-order chi connectivity index (χ0) is 26.7. The van der Waals surface area contributed by atoms with E-state index in [-0.39, 0.29) is 19.1 Å². The number of aliphatic hydroxyl groups excluding tert-OH is 1. The summed E-state index contributed by atoms with van der Waals surface area (Å²) in [5.74, 6) is -0.951. The van der Waals surface area contributed by atoms with Crippen LogP contribution in [0.4, 0.5) is 26.3 Å². The first-order chi connectivity index (χ1) is 16.8. The second-order valence-corrected chi connectivity index (χ2v) is 8.90. The average Bonchev–Trinajstić information content (AvgIpc) is 3.27. The SMILES string of the molecule is COC(=O)[C@@H](C)[C@@H](O)c1cccc(OC[C@H]2CCN(Cc3cc(C(F)(F)F)ccc3C(F)(F)F)C2)c1. The van der Waals surface area contributed by atoms with Crippen LogP contribution in [-0.2, 0) is 28.4 Å². The molecule has 1 aliphatic heterocycles. The van der Waals surface area contributed by atoms with Crippen molar-refractivity contribution in [2.24, 2.45) is 11.8 Å². The quantitative estimate of drug-likeness (QED) is 0.371. The van der Waals surface area contributed by atoms with Gasteiger partial charge in [0.25, 0.3) is 0 Å². The zero-order valence-electron chi connectivity index (χ0n) is 19.7. The second-order valence-electron chi connectivity index (χ2n) is 8.90. The van der Waals surface area contributed by atoms with E-state index in [1.807, 2.05) is 0 Å². The highest BCUT2D eigenvalue weighted by Gasteiger charge is 2.37. The standard InChI is InChI=1S/C25H27F6NO4/c1-15(23(34)35-2)22(33)17-4-3-5-20(11-17)36-14-16-8-9-32(12-16)13-18-10-19(24(26,27)28)6-7-21(18)25(29,30)31/h3-7,10-11,15-16,22,33H,8-9,12-14H2,1-2H3/t15-,16-,22+/m0/s1. The summed E-state index contributed by atoms with van der Waals surface area (Å²) in [6, 6.07) is 8.06. The van der Waals surface area contributed by atoms with Gasteiger partial charge in [-0.05, 0) is 61.3 Å². The van der Waals surface area contributed by atoms with Crippen molar-refractivity contribution in [3.05, 3.63) is 64.7 Å². The molecule has 0 aromatic heterocycles. The van der Waals surface area contributed by atoms with Gasteiger partial charge in [0.1, 0.15) is 5.75 Å². The fourth-order valence-electron chi connectivity index (χ4n) is 4.22. The van der Waals surface area contributed by atoms with Gasteiger partial charge in [0, 0.05) is 19.0 Å². The Bertz CT molecular complexity index is 1060. The molecule has 0 unspecified atom stereocenters. The summed E-state index contributed by atoms with van der Waals surface area (Å²) in [4.78, 5) is 13.4. The Morgan fingerprint density at radius 1 is 1.11 bits per heavy atom. The first-order valence-electron chi connectivity index (χ1n) is 11.3. The Kier molecular flexibility index (Phi) is 8.55. The van der Waals surface area contributed by atoms with E-state index < -0.39 is 47.0 Å². The van der Waals surface area contributed by atoms with Gasteiger partial charge in [-0.3, -0.25) is 9.69 Å². The first-order valence-corrected chi connectivity index (χ1v) is 11.3. The number of nitrogens with zero attached hydrogens (tertiary/aromatic N) is 1. The topological polar surface area (TPSA) is 59.0 Å². The number of hydrogen-bond donors (Lipinski definition) is 1. The summed E-state index contributed by atoms with van der Waals surface area (Å²) in [6.07, 6.45) is -10.00. The molecule has 1 saturated heterocycles. The minimum absolute atomic E-state index is 0.0484. The molecular formula is C25H27F6NO4. The molecule has 1 fully saturated rings. The van der Waals surface area contributed by atoms with E-state index >= 15 is 0 Å². The van der Waals surface area contributed by atoms with Gasteiger partial charge in [-0.15, -0.1) is 0 Å². The molecule has 198 valence electrons. The molecule has 0 spiro atoms. The van der Waals surface area contributed by atoms with Gasteiger partial charge >= 0.3 is 18.3 Å². The number of benzene rings is 2. The number of alkyl halides is 6. The second kappa shape index (κ2) is 11.1. The van der Waals surface area contributed by atoms with E-state index in [1.54, 1.807) is 29.2 Å². The number of rotatable bonds is 8. The fourth-order valence-corrected chi connectivity index (χ4v) is 4.22. The molecule has 0 bridgehead atoms. The lowest BCUT2D eigenvalue weighted by Gasteiger charge is -2.21. The molecule has 0 amide bonds. The summed E-state index contributed by atoms with van der Waals surface area (Å²) in [6.45, 7) is 2.28. The maximum atomic E-state index is 13.4. The van der Waals surface area contributed by atoms with Crippen molar-refractivity contribution in [2.45, 2.75) is 38.3 Å². The van der Waals surface area contributed by atoms with Crippen molar-refractivity contribution in [1.29, 1.82) is 0 Å². The lowest BCUT2D eigenvalue weighted by molar-refractivity contribution is -0.148. The number of methoxy groups -OCH3 is 1. The van der Waals surface area contributed by atoms with Crippen molar-refractivity contribution >= 4 is 5.97 Å². The number of hydrogen-bond acceptors (Lipinski definition) is 5. The minimum atomic E-state index is -4.76. The summed E-state index contributed by atoms with van der Waals surface area (Å²) >= 11 is 0. The number of likely N-dealkylation sites (tertiary alicyclic amines) is 1. The first kappa shape index (κ1) is 27.8. The molecule has 0 radical (unpaired) electrons. The monoisotopic (exact) mass is 519 g/mol. The Balaban J connectivity index is 1.62. The van der Waals surface area contributed by atoms with Crippen molar-refractivity contribution in [2.75, 3.05) is 26.8 Å². The van der Waals surface area contributed by atoms with Crippen LogP contribution in [0.5, 0.6) is 5.75 Å². The van der Waals surface area contributed by atoms with Crippen molar-refractivity contribution in [3.8, 4) is 5.75 Å². The van der Waals surface area contributed by atoms with Crippen LogP contribution >= 0.6 is 0 Å². The molecule has 3 rings (SSSR count). The number of esters is 1. The summed E-state index contributed by atoms with van der Waals surface area (Å²) in [5, 5.41) is 10.4. The van der Waals surface area contributed by atoms with Crippen LogP contribution in [0.2, 0.25) is 0 Å². The third-order valence-electron chi connectivity index (χ3n) is 6.23. The predicted octanol–water partition coefficient (Wildman–Crippen LogP) is 5.47. The zero-order valence-corrected chi connectivity index (χ0v) is 19.7. The van der Waals surface area contributed by atoms with Crippen LogP contribution in [0, 0.1) is 11.8 Å². The van der Waals surface area contributed by atoms with Gasteiger partial charge in [-0.1, -0.05) is 12.1 Å². The number of carbonyl (C=O) groups is 1. The molecule has 3 atom stereocenters. The van der Waals surface area contributed by atoms with Gasteiger partial charge in [0.05, 0.1) is 36.9 Å². The largest absolute Gasteiger partial charge is 0.493 e. The highest BCUT2D eigenvalue weighted by atomic mass is 19.4. The maximum Gasteiger partial charge on any atom is 0.416 e. The molecule has 0 aliphatic carbocycles. The molecular weight excluding hydrogens is 492 g/mol. The number of halogens is 6. The van der Waals surface area contributed by atoms with Crippen molar-refractivity contribution in [1.82, 2.24) is 4.90 Å². The Labute approximate surface area is 204 Å². The lowest BCUT2D eigenvalue weighted by atomic mass is 9.97. The van der Waals surface area contributed by atoms with E-state index in [0.29, 0.717) is 49.0 Å². The molecule has 0 saturated carbocycles. The molecule has 1 heterocycles. The molecule has 5 nitrogen and oxygen atoms in total. The van der Waals surface area contributed by atoms with Crippen molar-refractivity contribution < 1.29 is 45.7 Å². The van der Waals surface area contributed by atoms with Gasteiger partial charge < -0.3 is 14.6 Å². The van der Waals surface area contributed by atoms with Gasteiger partial charge in [0.15, 0.2) is 0 Å². The number of carbonyl (C=O) groups excluding carboxylic acids is 1. The van der Waals surface area contributed by atoms with Crippen LogP contribution in [0.3, 0.4) is 0 Å². The Morgan fingerprint density at radius 3 is 2.47 bits per heavy atom. The van der Waals surface area contributed by atoms with E-state index in [0.717, 1.165) is 0 Å². The van der Waals surface area contributed by atoms with Gasteiger partial charge in [0.2, 0.25) is 0 Å². The van der Waals surface area contributed by atoms with E-state index in [9.17, 15) is 36.2 Å². The lowest BCUT2D eigenvalue weighted by Crippen LogP contribution is -2.24. The average molecular weight is 519 g/mol. The predicted molar refractivity (Wildman–Crippen MR) is 118 cm³/mol. The van der Waals surface area contributed by atoms with E-state index in [2.05, 4.69) is 4.74 Å². The van der Waals surface area contributed by atoms with Crippen LogP contribution < -0.4 is 4.74 Å². The normalized spacial score (nSPS) is 18.6. The molecule has 36 heavy (non-hydrogen) atoms. The van der Waals surface area contributed by atoms with E-state index in [4.69, 9.17) is 4.74 Å². The number of aliphatic hydroxyl groups is 1. The van der Waals surface area contributed by atoms with E-state index in [1.165, 1.54) is 14.0 Å².